The van der Waals surface area contributed by atoms with Gasteiger partial charge in [0.1, 0.15) is 11.6 Å². The third-order valence-corrected chi connectivity index (χ3v) is 2.80. The highest BCUT2D eigenvalue weighted by atomic mass is 19.1. The normalized spacial score (nSPS) is 12.2. The molecule has 0 aliphatic rings. The van der Waals surface area contributed by atoms with Gasteiger partial charge in [-0.2, -0.15) is 0 Å². The largest absolute Gasteiger partial charge is 0.455 e. The van der Waals surface area contributed by atoms with Crippen LogP contribution in [0.1, 0.15) is 34.8 Å². The third-order valence-electron chi connectivity index (χ3n) is 2.80. The number of carbonyl (C=O) groups is 1. The van der Waals surface area contributed by atoms with Crippen molar-refractivity contribution in [3.8, 4) is 0 Å². The fraction of sp³-hybridized carbons (Fsp3) is 0.214. The van der Waals surface area contributed by atoms with Gasteiger partial charge >= 0.3 is 0 Å². The van der Waals surface area contributed by atoms with Crippen LogP contribution in [0.3, 0.4) is 0 Å². The quantitative estimate of drug-likeness (QED) is 0.888. The molecule has 5 heteroatoms. The first-order chi connectivity index (χ1) is 9.10. The predicted molar refractivity (Wildman–Crippen MR) is 68.9 cm³/mol. The lowest BCUT2D eigenvalue weighted by atomic mass is 10.1. The zero-order chi connectivity index (χ0) is 13.8. The lowest BCUT2D eigenvalue weighted by Crippen LogP contribution is -2.26. The number of amides is 1. The summed E-state index contributed by atoms with van der Waals surface area (Å²) in [5.41, 5.74) is 6.23. The molecule has 0 aliphatic carbocycles. The average Bonchev–Trinajstić information content (AvgIpc) is 2.88. The van der Waals surface area contributed by atoms with Gasteiger partial charge in [0.2, 0.25) is 0 Å². The molecule has 2 aromatic rings. The van der Waals surface area contributed by atoms with Crippen molar-refractivity contribution in [3.05, 3.63) is 59.3 Å². The monoisotopic (exact) mass is 262 g/mol. The number of benzene rings is 1. The molecule has 0 fully saturated rings. The van der Waals surface area contributed by atoms with Crippen LogP contribution < -0.4 is 11.1 Å². The van der Waals surface area contributed by atoms with Crippen LogP contribution in [0.5, 0.6) is 0 Å². The summed E-state index contributed by atoms with van der Waals surface area (Å²) in [6.45, 7) is 2.07. The maximum absolute atomic E-state index is 12.8. The van der Waals surface area contributed by atoms with Gasteiger partial charge in [-0.25, -0.2) is 4.39 Å². The summed E-state index contributed by atoms with van der Waals surface area (Å²) in [5, 5.41) is 2.77. The van der Waals surface area contributed by atoms with Crippen molar-refractivity contribution in [1.29, 1.82) is 0 Å². The second kappa shape index (κ2) is 5.67. The first-order valence-electron chi connectivity index (χ1n) is 5.95. The number of hydrogen-bond donors (Lipinski definition) is 2. The topological polar surface area (TPSA) is 68.3 Å². The lowest BCUT2D eigenvalue weighted by Gasteiger charge is -2.13. The summed E-state index contributed by atoms with van der Waals surface area (Å²) in [7, 11) is 0. The molecule has 0 saturated heterocycles. The second-order valence-electron chi connectivity index (χ2n) is 4.22. The molecule has 1 amide bonds. The van der Waals surface area contributed by atoms with Crippen LogP contribution in [-0.4, -0.2) is 5.91 Å². The molecule has 1 heterocycles. The maximum atomic E-state index is 12.8. The SMILES string of the molecule is C[C@@H](NC(=O)c1ccc(CN)o1)c1ccc(F)cc1. The molecule has 1 atom stereocenters. The Hall–Kier alpha value is -2.14. The number of halogens is 1. The van der Waals surface area contributed by atoms with Gasteiger partial charge in [-0.3, -0.25) is 4.79 Å². The number of hydrogen-bond acceptors (Lipinski definition) is 3. The number of carbonyl (C=O) groups excluding carboxylic acids is 1. The number of furan rings is 1. The molecule has 19 heavy (non-hydrogen) atoms. The van der Waals surface area contributed by atoms with E-state index in [1.54, 1.807) is 24.3 Å². The minimum Gasteiger partial charge on any atom is -0.455 e. The van der Waals surface area contributed by atoms with Gasteiger partial charge in [0.25, 0.3) is 5.91 Å². The Morgan fingerprint density at radius 1 is 1.32 bits per heavy atom. The van der Waals surface area contributed by atoms with Gasteiger partial charge in [-0.1, -0.05) is 12.1 Å². The van der Waals surface area contributed by atoms with Crippen molar-refractivity contribution in [2.24, 2.45) is 5.73 Å². The Labute approximate surface area is 110 Å². The Morgan fingerprint density at radius 3 is 2.58 bits per heavy atom. The molecule has 4 nitrogen and oxygen atoms in total. The Bertz CT molecular complexity index is 563. The van der Waals surface area contributed by atoms with Crippen molar-refractivity contribution in [2.45, 2.75) is 19.5 Å². The first-order valence-corrected chi connectivity index (χ1v) is 5.95. The molecule has 3 N–H and O–H groups in total. The Kier molecular flexibility index (Phi) is 3.97. The highest BCUT2D eigenvalue weighted by Crippen LogP contribution is 2.14. The summed E-state index contributed by atoms with van der Waals surface area (Å²) >= 11 is 0. The summed E-state index contributed by atoms with van der Waals surface area (Å²) < 4.78 is 18.1. The van der Waals surface area contributed by atoms with E-state index in [1.807, 2.05) is 6.92 Å². The van der Waals surface area contributed by atoms with E-state index in [-0.39, 0.29) is 30.1 Å². The van der Waals surface area contributed by atoms with Crippen molar-refractivity contribution >= 4 is 5.91 Å². The van der Waals surface area contributed by atoms with Crippen LogP contribution in [-0.2, 0) is 6.54 Å². The fourth-order valence-electron chi connectivity index (χ4n) is 1.71. The van der Waals surface area contributed by atoms with Crippen LogP contribution in [0.4, 0.5) is 4.39 Å². The van der Waals surface area contributed by atoms with Crippen molar-refractivity contribution in [3.63, 3.8) is 0 Å². The number of nitrogens with one attached hydrogen (secondary N) is 1. The molecule has 0 unspecified atom stereocenters. The van der Waals surface area contributed by atoms with Crippen LogP contribution in [0.2, 0.25) is 0 Å². The summed E-state index contributed by atoms with van der Waals surface area (Å²) in [5.74, 6) is 0.145. The van der Waals surface area contributed by atoms with Gasteiger partial charge < -0.3 is 15.5 Å². The lowest BCUT2D eigenvalue weighted by molar-refractivity contribution is 0.0910. The first kappa shape index (κ1) is 13.3. The second-order valence-corrected chi connectivity index (χ2v) is 4.22. The summed E-state index contributed by atoms with van der Waals surface area (Å²) in [6, 6.07) is 8.99. The zero-order valence-corrected chi connectivity index (χ0v) is 10.5. The molecule has 0 aliphatic heterocycles. The van der Waals surface area contributed by atoms with E-state index in [4.69, 9.17) is 10.2 Å². The minimum absolute atomic E-state index is 0.217. The fourth-order valence-corrected chi connectivity index (χ4v) is 1.71. The summed E-state index contributed by atoms with van der Waals surface area (Å²) in [6.07, 6.45) is 0. The van der Waals surface area contributed by atoms with Crippen molar-refractivity contribution in [2.75, 3.05) is 0 Å². The number of rotatable bonds is 4. The maximum Gasteiger partial charge on any atom is 0.287 e. The minimum atomic E-state index is -0.323. The van der Waals surface area contributed by atoms with E-state index in [2.05, 4.69) is 5.32 Å². The molecule has 100 valence electrons. The smallest absolute Gasteiger partial charge is 0.287 e. The van der Waals surface area contributed by atoms with Crippen molar-refractivity contribution < 1.29 is 13.6 Å². The van der Waals surface area contributed by atoms with Gasteiger partial charge in [-0.05, 0) is 36.8 Å². The molecule has 0 spiro atoms. The van der Waals surface area contributed by atoms with Crippen LogP contribution >= 0.6 is 0 Å². The van der Waals surface area contributed by atoms with Crippen molar-refractivity contribution in [1.82, 2.24) is 5.32 Å². The molecule has 2 rings (SSSR count). The van der Waals surface area contributed by atoms with Gasteiger partial charge in [0, 0.05) is 0 Å². The molecule has 0 radical (unpaired) electrons. The highest BCUT2D eigenvalue weighted by molar-refractivity contribution is 5.91. The Balaban J connectivity index is 2.04. The van der Waals surface area contributed by atoms with Crippen LogP contribution in [0, 0.1) is 5.82 Å². The zero-order valence-electron chi connectivity index (χ0n) is 10.5. The Morgan fingerprint density at radius 2 is 2.00 bits per heavy atom. The van der Waals surface area contributed by atoms with Crippen LogP contribution in [0.15, 0.2) is 40.8 Å². The molecule has 0 saturated carbocycles. The van der Waals surface area contributed by atoms with Gasteiger partial charge in [0.05, 0.1) is 12.6 Å². The highest BCUT2D eigenvalue weighted by Gasteiger charge is 2.14. The van der Waals surface area contributed by atoms with E-state index < -0.39 is 0 Å². The van der Waals surface area contributed by atoms with E-state index in [9.17, 15) is 9.18 Å². The number of nitrogens with two attached hydrogens (primary N) is 1. The van der Waals surface area contributed by atoms with E-state index in [1.165, 1.54) is 12.1 Å². The average molecular weight is 262 g/mol. The molecular formula is C14H15FN2O2. The third kappa shape index (κ3) is 3.20. The van der Waals surface area contributed by atoms with Gasteiger partial charge in [-0.15, -0.1) is 0 Å². The molecule has 1 aromatic carbocycles. The molecule has 1 aromatic heterocycles. The summed E-state index contributed by atoms with van der Waals surface area (Å²) in [4.78, 5) is 11.9. The van der Waals surface area contributed by atoms with Crippen LogP contribution in [0.25, 0.3) is 0 Å². The molecular weight excluding hydrogens is 247 g/mol. The standard InChI is InChI=1S/C14H15FN2O2/c1-9(10-2-4-11(15)5-3-10)17-14(18)13-7-6-12(8-16)19-13/h2-7,9H,8,16H2,1H3,(H,17,18)/t9-/m1/s1. The van der Waals surface area contributed by atoms with Gasteiger partial charge in [0.15, 0.2) is 5.76 Å². The predicted octanol–water partition coefficient (Wildman–Crippen LogP) is 2.37. The van der Waals surface area contributed by atoms with E-state index in [0.717, 1.165) is 5.56 Å². The molecule has 0 bridgehead atoms. The van der Waals surface area contributed by atoms with E-state index in [0.29, 0.717) is 5.76 Å². The van der Waals surface area contributed by atoms with E-state index >= 15 is 0 Å².